The zero-order chi connectivity index (χ0) is 18.5. The minimum atomic E-state index is -0.676. The summed E-state index contributed by atoms with van der Waals surface area (Å²) in [7, 11) is 0. The summed E-state index contributed by atoms with van der Waals surface area (Å²) in [6, 6.07) is 9.27. The Bertz CT molecular complexity index is 967. The first-order valence-electron chi connectivity index (χ1n) is 8.14. The molecular formula is C20H17FN2O3. The second-order valence-corrected chi connectivity index (χ2v) is 5.67. The van der Waals surface area contributed by atoms with Crippen molar-refractivity contribution >= 4 is 5.97 Å². The van der Waals surface area contributed by atoms with Crippen molar-refractivity contribution in [2.24, 2.45) is 0 Å². The maximum Gasteiger partial charge on any atom is 0.343 e. The second kappa shape index (κ2) is 7.74. The molecule has 0 atom stereocenters. The van der Waals surface area contributed by atoms with Gasteiger partial charge in [-0.1, -0.05) is 12.1 Å². The van der Waals surface area contributed by atoms with Gasteiger partial charge in [0, 0.05) is 36.9 Å². The fourth-order valence-electron chi connectivity index (χ4n) is 2.61. The Labute approximate surface area is 149 Å². The molecule has 0 N–H and O–H groups in total. The third kappa shape index (κ3) is 3.85. The SMILES string of the molecule is CCOC(=O)c1cn(Cc2ccncc2)cc(-c2ccc(F)cc2)c1=O. The normalized spacial score (nSPS) is 10.5. The van der Waals surface area contributed by atoms with Crippen molar-refractivity contribution in [1.82, 2.24) is 9.55 Å². The lowest BCUT2D eigenvalue weighted by Gasteiger charge is -2.12. The number of aromatic nitrogens is 2. The number of pyridine rings is 2. The van der Waals surface area contributed by atoms with Crippen LogP contribution in [0.1, 0.15) is 22.8 Å². The topological polar surface area (TPSA) is 61.2 Å². The number of ether oxygens (including phenoxy) is 1. The van der Waals surface area contributed by atoms with E-state index in [1.54, 1.807) is 30.1 Å². The molecule has 2 heterocycles. The molecule has 0 fully saturated rings. The number of carbonyl (C=O) groups excluding carboxylic acids is 1. The Hall–Kier alpha value is -3.28. The van der Waals surface area contributed by atoms with Crippen LogP contribution in [-0.2, 0) is 11.3 Å². The fourth-order valence-corrected chi connectivity index (χ4v) is 2.61. The summed E-state index contributed by atoms with van der Waals surface area (Å²) < 4.78 is 20.0. The van der Waals surface area contributed by atoms with Crippen LogP contribution < -0.4 is 5.43 Å². The molecule has 0 saturated heterocycles. The van der Waals surface area contributed by atoms with Crippen molar-refractivity contribution in [3.8, 4) is 11.1 Å². The standard InChI is InChI=1S/C20H17FN2O3/c1-2-26-20(25)18-13-23(11-14-7-9-22-10-8-14)12-17(19(18)24)15-3-5-16(21)6-4-15/h3-10,12-13H,2,11H2,1H3. The number of esters is 1. The van der Waals surface area contributed by atoms with Crippen molar-refractivity contribution in [2.75, 3.05) is 6.61 Å². The van der Waals surface area contributed by atoms with Crippen molar-refractivity contribution in [3.05, 3.63) is 88.4 Å². The molecule has 0 spiro atoms. The highest BCUT2D eigenvalue weighted by Crippen LogP contribution is 2.18. The van der Waals surface area contributed by atoms with E-state index in [4.69, 9.17) is 4.74 Å². The Kier molecular flexibility index (Phi) is 5.22. The molecule has 0 aliphatic carbocycles. The van der Waals surface area contributed by atoms with E-state index in [1.807, 2.05) is 12.1 Å². The van der Waals surface area contributed by atoms with Crippen molar-refractivity contribution in [3.63, 3.8) is 0 Å². The van der Waals surface area contributed by atoms with E-state index >= 15 is 0 Å². The van der Waals surface area contributed by atoms with Gasteiger partial charge in [0.15, 0.2) is 0 Å². The molecule has 132 valence electrons. The third-order valence-electron chi connectivity index (χ3n) is 3.84. The molecular weight excluding hydrogens is 335 g/mol. The molecule has 0 saturated carbocycles. The van der Waals surface area contributed by atoms with E-state index < -0.39 is 17.2 Å². The van der Waals surface area contributed by atoms with E-state index in [-0.39, 0.29) is 12.2 Å². The van der Waals surface area contributed by atoms with Crippen molar-refractivity contribution in [2.45, 2.75) is 13.5 Å². The zero-order valence-corrected chi connectivity index (χ0v) is 14.2. The van der Waals surface area contributed by atoms with Gasteiger partial charge in [0.1, 0.15) is 11.4 Å². The predicted octanol–water partition coefficient (Wildman–Crippen LogP) is 3.27. The summed E-state index contributed by atoms with van der Waals surface area (Å²) in [6.45, 7) is 2.30. The molecule has 0 unspecified atom stereocenters. The largest absolute Gasteiger partial charge is 0.462 e. The van der Waals surface area contributed by atoms with Crippen LogP contribution in [0.25, 0.3) is 11.1 Å². The third-order valence-corrected chi connectivity index (χ3v) is 3.84. The number of hydrogen-bond donors (Lipinski definition) is 0. The summed E-state index contributed by atoms with van der Waals surface area (Å²) >= 11 is 0. The quantitative estimate of drug-likeness (QED) is 0.661. The average molecular weight is 352 g/mol. The molecule has 5 nitrogen and oxygen atoms in total. The lowest BCUT2D eigenvalue weighted by Crippen LogP contribution is -2.22. The monoisotopic (exact) mass is 352 g/mol. The van der Waals surface area contributed by atoms with Crippen LogP contribution in [0.3, 0.4) is 0 Å². The van der Waals surface area contributed by atoms with Gasteiger partial charge in [-0.05, 0) is 42.3 Å². The van der Waals surface area contributed by atoms with Gasteiger partial charge in [-0.2, -0.15) is 0 Å². The summed E-state index contributed by atoms with van der Waals surface area (Å²) in [4.78, 5) is 28.9. The maximum atomic E-state index is 13.2. The fraction of sp³-hybridized carbons (Fsp3) is 0.150. The van der Waals surface area contributed by atoms with E-state index in [2.05, 4.69) is 4.98 Å². The van der Waals surface area contributed by atoms with Crippen LogP contribution in [-0.4, -0.2) is 22.1 Å². The van der Waals surface area contributed by atoms with Gasteiger partial charge in [-0.25, -0.2) is 9.18 Å². The van der Waals surface area contributed by atoms with Gasteiger partial charge in [0.25, 0.3) is 0 Å². The lowest BCUT2D eigenvalue weighted by molar-refractivity contribution is 0.0524. The summed E-state index contributed by atoms with van der Waals surface area (Å²) in [5.74, 6) is -1.07. The van der Waals surface area contributed by atoms with Gasteiger partial charge in [0.05, 0.1) is 6.61 Å². The zero-order valence-electron chi connectivity index (χ0n) is 14.2. The van der Waals surface area contributed by atoms with Gasteiger partial charge < -0.3 is 9.30 Å². The van der Waals surface area contributed by atoms with Crippen LogP contribution in [0.15, 0.2) is 66.0 Å². The molecule has 6 heteroatoms. The molecule has 1 aromatic carbocycles. The molecule has 3 rings (SSSR count). The van der Waals surface area contributed by atoms with Crippen LogP contribution in [0.4, 0.5) is 4.39 Å². The highest BCUT2D eigenvalue weighted by Gasteiger charge is 2.17. The Morgan fingerprint density at radius 1 is 1.12 bits per heavy atom. The maximum absolute atomic E-state index is 13.2. The van der Waals surface area contributed by atoms with Crippen LogP contribution in [0, 0.1) is 5.82 Å². The minimum Gasteiger partial charge on any atom is -0.462 e. The van der Waals surface area contributed by atoms with E-state index in [0.29, 0.717) is 17.7 Å². The van der Waals surface area contributed by atoms with Crippen LogP contribution >= 0.6 is 0 Å². The number of halogens is 1. The van der Waals surface area contributed by atoms with Crippen LogP contribution in [0.2, 0.25) is 0 Å². The van der Waals surface area contributed by atoms with E-state index in [9.17, 15) is 14.0 Å². The van der Waals surface area contributed by atoms with E-state index in [1.165, 1.54) is 30.5 Å². The molecule has 0 radical (unpaired) electrons. The second-order valence-electron chi connectivity index (χ2n) is 5.67. The summed E-state index contributed by atoms with van der Waals surface area (Å²) in [5.41, 5.74) is 1.31. The van der Waals surface area contributed by atoms with Gasteiger partial charge in [0.2, 0.25) is 5.43 Å². The smallest absolute Gasteiger partial charge is 0.343 e. The van der Waals surface area contributed by atoms with Crippen LogP contribution in [0.5, 0.6) is 0 Å². The average Bonchev–Trinajstić information content (AvgIpc) is 2.65. The highest BCUT2D eigenvalue weighted by molar-refractivity contribution is 5.90. The number of nitrogens with zero attached hydrogens (tertiary/aromatic N) is 2. The first-order chi connectivity index (χ1) is 12.6. The first-order valence-corrected chi connectivity index (χ1v) is 8.14. The molecule has 0 aliphatic rings. The molecule has 0 bridgehead atoms. The van der Waals surface area contributed by atoms with Gasteiger partial charge in [-0.3, -0.25) is 9.78 Å². The molecule has 0 amide bonds. The molecule has 26 heavy (non-hydrogen) atoms. The van der Waals surface area contributed by atoms with Crippen molar-refractivity contribution in [1.29, 1.82) is 0 Å². The number of carbonyl (C=O) groups is 1. The molecule has 0 aliphatic heterocycles. The predicted molar refractivity (Wildman–Crippen MR) is 95.4 cm³/mol. The summed E-state index contributed by atoms with van der Waals surface area (Å²) in [6.07, 6.45) is 6.47. The van der Waals surface area contributed by atoms with Gasteiger partial charge >= 0.3 is 5.97 Å². The first kappa shape index (κ1) is 17.5. The van der Waals surface area contributed by atoms with E-state index in [0.717, 1.165) is 5.56 Å². The molecule has 3 aromatic rings. The lowest BCUT2D eigenvalue weighted by atomic mass is 10.0. The highest BCUT2D eigenvalue weighted by atomic mass is 19.1. The summed E-state index contributed by atoms with van der Waals surface area (Å²) in [5, 5.41) is 0. The van der Waals surface area contributed by atoms with Gasteiger partial charge in [-0.15, -0.1) is 0 Å². The minimum absolute atomic E-state index is 0.0530. The Morgan fingerprint density at radius 2 is 1.81 bits per heavy atom. The Balaban J connectivity index is 2.11. The molecule has 2 aromatic heterocycles. The number of rotatable bonds is 5. The number of benzene rings is 1. The Morgan fingerprint density at radius 3 is 2.46 bits per heavy atom. The number of hydrogen-bond acceptors (Lipinski definition) is 4. The van der Waals surface area contributed by atoms with Crippen molar-refractivity contribution < 1.29 is 13.9 Å².